The predicted molar refractivity (Wildman–Crippen MR) is 204 cm³/mol. The van der Waals surface area contributed by atoms with Crippen LogP contribution in [0, 0.1) is 0 Å². The number of hydrogen-bond donors (Lipinski definition) is 0. The van der Waals surface area contributed by atoms with E-state index in [9.17, 15) is 0 Å². The fraction of sp³-hybridized carbons (Fsp3) is 0. The summed E-state index contributed by atoms with van der Waals surface area (Å²) in [4.78, 5) is 10.2. The highest BCUT2D eigenvalue weighted by molar-refractivity contribution is 6.19. The number of furan rings is 1. The average molecular weight is 625 g/mol. The van der Waals surface area contributed by atoms with Crippen LogP contribution >= 0.6 is 0 Å². The topological polar surface area (TPSA) is 38.9 Å². The van der Waals surface area contributed by atoms with Crippen LogP contribution in [0.1, 0.15) is 0 Å². The van der Waals surface area contributed by atoms with E-state index in [0.29, 0.717) is 5.82 Å². The summed E-state index contributed by atoms with van der Waals surface area (Å²) in [6, 6.07) is 59.8. The van der Waals surface area contributed by atoms with Gasteiger partial charge in [-0.05, 0) is 74.8 Å². The van der Waals surface area contributed by atoms with Crippen LogP contribution in [0.3, 0.4) is 0 Å². The number of aromatic nitrogens is 2. The van der Waals surface area contributed by atoms with Crippen LogP contribution in [0.25, 0.3) is 99.3 Å². The summed E-state index contributed by atoms with van der Waals surface area (Å²) in [7, 11) is 0. The molecule has 0 aliphatic heterocycles. The second kappa shape index (κ2) is 11.0. The molecule has 0 saturated carbocycles. The minimum absolute atomic E-state index is 0.694. The van der Waals surface area contributed by atoms with Crippen LogP contribution in [-0.2, 0) is 0 Å². The zero-order chi connectivity index (χ0) is 32.3. The molecule has 0 saturated heterocycles. The summed E-state index contributed by atoms with van der Waals surface area (Å²) in [6.07, 6.45) is 0. The highest BCUT2D eigenvalue weighted by Gasteiger charge is 2.17. The Labute approximate surface area is 282 Å². The number of benzene rings is 8. The summed E-state index contributed by atoms with van der Waals surface area (Å²) in [5, 5.41) is 7.92. The van der Waals surface area contributed by atoms with Gasteiger partial charge in [-0.1, -0.05) is 133 Å². The Morgan fingerprint density at radius 3 is 1.90 bits per heavy atom. The molecular formula is C46H28N2O. The first-order chi connectivity index (χ1) is 24.3. The van der Waals surface area contributed by atoms with Crippen molar-refractivity contribution >= 4 is 54.4 Å². The van der Waals surface area contributed by atoms with E-state index >= 15 is 0 Å². The second-order valence-corrected chi connectivity index (χ2v) is 12.6. The molecule has 0 aliphatic rings. The maximum absolute atomic E-state index is 6.58. The fourth-order valence-corrected chi connectivity index (χ4v) is 7.21. The fourth-order valence-electron chi connectivity index (χ4n) is 7.21. The first-order valence-corrected chi connectivity index (χ1v) is 16.6. The van der Waals surface area contributed by atoms with Crippen LogP contribution in [0.2, 0.25) is 0 Å². The van der Waals surface area contributed by atoms with E-state index < -0.39 is 0 Å². The van der Waals surface area contributed by atoms with Gasteiger partial charge in [-0.3, -0.25) is 0 Å². The molecule has 0 aliphatic carbocycles. The molecule has 0 bridgehead atoms. The molecule has 8 aromatic carbocycles. The molecule has 2 aromatic heterocycles. The second-order valence-electron chi connectivity index (χ2n) is 12.6. The van der Waals surface area contributed by atoms with Crippen molar-refractivity contribution < 1.29 is 4.42 Å². The van der Waals surface area contributed by atoms with Crippen molar-refractivity contribution in [2.24, 2.45) is 0 Å². The molecule has 0 radical (unpaired) electrons. The largest absolute Gasteiger partial charge is 0.455 e. The molecular weight excluding hydrogens is 597 g/mol. The van der Waals surface area contributed by atoms with E-state index in [4.69, 9.17) is 14.4 Å². The molecule has 2 heterocycles. The first kappa shape index (κ1) is 27.5. The average Bonchev–Trinajstić information content (AvgIpc) is 3.55. The van der Waals surface area contributed by atoms with E-state index in [0.717, 1.165) is 60.4 Å². The van der Waals surface area contributed by atoms with Crippen LogP contribution in [0.5, 0.6) is 0 Å². The zero-order valence-corrected chi connectivity index (χ0v) is 26.5. The molecule has 0 spiro atoms. The van der Waals surface area contributed by atoms with Gasteiger partial charge in [-0.15, -0.1) is 0 Å². The van der Waals surface area contributed by atoms with Gasteiger partial charge in [0.2, 0.25) is 0 Å². The molecule has 0 unspecified atom stereocenters. The van der Waals surface area contributed by atoms with Gasteiger partial charge in [0.15, 0.2) is 5.82 Å². The molecule has 10 aromatic rings. The maximum Gasteiger partial charge on any atom is 0.160 e. The maximum atomic E-state index is 6.58. The van der Waals surface area contributed by atoms with Crippen LogP contribution < -0.4 is 0 Å². The molecule has 0 atom stereocenters. The smallest absolute Gasteiger partial charge is 0.160 e. The number of rotatable bonds is 4. The SMILES string of the molecule is c1ccc(-c2nc(-c3ccc4oc5c6ccccc6c(-c6ccc(-c7ccc8ccccc8c7)cc6)cc5c4c3)nc3ccccc23)cc1. The number of para-hydroxylation sites is 1. The summed E-state index contributed by atoms with van der Waals surface area (Å²) in [5.74, 6) is 0.694. The van der Waals surface area contributed by atoms with Crippen LogP contribution in [0.15, 0.2) is 174 Å². The lowest BCUT2D eigenvalue weighted by Gasteiger charge is -2.10. The van der Waals surface area contributed by atoms with Crippen molar-refractivity contribution in [2.45, 2.75) is 0 Å². The van der Waals surface area contributed by atoms with Crippen molar-refractivity contribution in [3.63, 3.8) is 0 Å². The zero-order valence-electron chi connectivity index (χ0n) is 26.5. The van der Waals surface area contributed by atoms with E-state index in [1.807, 2.05) is 18.2 Å². The Kier molecular flexibility index (Phi) is 6.18. The third-order valence-corrected chi connectivity index (χ3v) is 9.66. The van der Waals surface area contributed by atoms with Gasteiger partial charge in [-0.2, -0.15) is 0 Å². The van der Waals surface area contributed by atoms with Gasteiger partial charge in [0.25, 0.3) is 0 Å². The van der Waals surface area contributed by atoms with Gasteiger partial charge in [0, 0.05) is 32.7 Å². The highest BCUT2D eigenvalue weighted by atomic mass is 16.3. The number of hydrogen-bond acceptors (Lipinski definition) is 3. The van der Waals surface area contributed by atoms with Gasteiger partial charge < -0.3 is 4.42 Å². The van der Waals surface area contributed by atoms with E-state index in [1.54, 1.807) is 0 Å². The third-order valence-electron chi connectivity index (χ3n) is 9.66. The molecule has 3 heteroatoms. The lowest BCUT2D eigenvalue weighted by Crippen LogP contribution is -1.95. The van der Waals surface area contributed by atoms with Crippen LogP contribution in [0.4, 0.5) is 0 Å². The van der Waals surface area contributed by atoms with Crippen molar-refractivity contribution in [1.29, 1.82) is 0 Å². The minimum atomic E-state index is 0.694. The van der Waals surface area contributed by atoms with Gasteiger partial charge in [0.05, 0.1) is 11.2 Å². The third kappa shape index (κ3) is 4.59. The number of nitrogens with zero attached hydrogens (tertiary/aromatic N) is 2. The van der Waals surface area contributed by atoms with Crippen molar-refractivity contribution in [3.05, 3.63) is 170 Å². The van der Waals surface area contributed by atoms with E-state index in [-0.39, 0.29) is 0 Å². The summed E-state index contributed by atoms with van der Waals surface area (Å²) >= 11 is 0. The monoisotopic (exact) mass is 624 g/mol. The molecule has 3 nitrogen and oxygen atoms in total. The standard InChI is InChI=1S/C46H28N2O/c1-2-11-32(12-3-1)44-38-16-8-9-17-42(38)47-46(48-44)35-24-25-43-40(27-35)41-28-39(36-14-6-7-15-37(36)45(41)49-43)31-21-18-30(19-22-31)34-23-20-29-10-4-5-13-33(29)26-34/h1-28H. The van der Waals surface area contributed by atoms with Crippen molar-refractivity contribution in [3.8, 4) is 44.9 Å². The number of fused-ring (bicyclic) bond motifs is 7. The molecule has 0 fully saturated rings. The molecule has 0 N–H and O–H groups in total. The predicted octanol–water partition coefficient (Wildman–Crippen LogP) is 12.5. The summed E-state index contributed by atoms with van der Waals surface area (Å²) in [5.41, 5.74) is 10.4. The Balaban J connectivity index is 1.13. The van der Waals surface area contributed by atoms with Gasteiger partial charge >= 0.3 is 0 Å². The molecule has 0 amide bonds. The van der Waals surface area contributed by atoms with Crippen LogP contribution in [-0.4, -0.2) is 9.97 Å². The lowest BCUT2D eigenvalue weighted by atomic mass is 9.93. The first-order valence-electron chi connectivity index (χ1n) is 16.6. The van der Waals surface area contributed by atoms with Crippen molar-refractivity contribution in [2.75, 3.05) is 0 Å². The molecule has 10 rings (SSSR count). The van der Waals surface area contributed by atoms with Gasteiger partial charge in [0.1, 0.15) is 11.2 Å². The van der Waals surface area contributed by atoms with E-state index in [2.05, 4.69) is 152 Å². The normalized spacial score (nSPS) is 11.7. The Morgan fingerprint density at radius 2 is 1.04 bits per heavy atom. The quantitative estimate of drug-likeness (QED) is 0.196. The summed E-state index contributed by atoms with van der Waals surface area (Å²) < 4.78 is 6.58. The summed E-state index contributed by atoms with van der Waals surface area (Å²) in [6.45, 7) is 0. The van der Waals surface area contributed by atoms with Gasteiger partial charge in [-0.25, -0.2) is 9.97 Å². The minimum Gasteiger partial charge on any atom is -0.455 e. The Bertz CT molecular complexity index is 2870. The Morgan fingerprint density at radius 1 is 0.367 bits per heavy atom. The Hall–Kier alpha value is -6.58. The molecule has 228 valence electrons. The molecule has 49 heavy (non-hydrogen) atoms. The van der Waals surface area contributed by atoms with Crippen molar-refractivity contribution in [1.82, 2.24) is 9.97 Å². The lowest BCUT2D eigenvalue weighted by molar-refractivity contribution is 0.672. The van der Waals surface area contributed by atoms with E-state index in [1.165, 1.54) is 33.0 Å². The highest BCUT2D eigenvalue weighted by Crippen LogP contribution is 2.41.